The lowest BCUT2D eigenvalue weighted by molar-refractivity contribution is 0.0677. The van der Waals surface area contributed by atoms with Crippen LogP contribution in [-0.4, -0.2) is 67.0 Å². The number of pyridine rings is 1. The van der Waals surface area contributed by atoms with E-state index in [9.17, 15) is 4.79 Å². The van der Waals surface area contributed by atoms with Gasteiger partial charge < -0.3 is 14.7 Å². The second-order valence-corrected chi connectivity index (χ2v) is 6.69. The third-order valence-electron chi connectivity index (χ3n) is 4.78. The molecule has 1 unspecified atom stereocenters. The van der Waals surface area contributed by atoms with Crippen LogP contribution in [0.2, 0.25) is 0 Å². The summed E-state index contributed by atoms with van der Waals surface area (Å²) < 4.78 is 0. The number of aromatic nitrogens is 1. The van der Waals surface area contributed by atoms with Gasteiger partial charge >= 0.3 is 0 Å². The van der Waals surface area contributed by atoms with Gasteiger partial charge in [-0.15, -0.1) is 0 Å². The van der Waals surface area contributed by atoms with Gasteiger partial charge in [-0.3, -0.25) is 4.79 Å². The van der Waals surface area contributed by atoms with Crippen molar-refractivity contribution in [3.8, 4) is 0 Å². The van der Waals surface area contributed by atoms with Gasteiger partial charge in [-0.1, -0.05) is 6.92 Å². The van der Waals surface area contributed by atoms with Gasteiger partial charge in [0.25, 0.3) is 5.91 Å². The maximum atomic E-state index is 12.5. The molecule has 2 aliphatic rings. The van der Waals surface area contributed by atoms with Crippen LogP contribution in [0.5, 0.6) is 0 Å². The van der Waals surface area contributed by atoms with E-state index in [4.69, 9.17) is 0 Å². The number of amides is 1. The number of likely N-dealkylation sites (N-methyl/N-ethyl adjacent to an activating group) is 1. The number of hydrogen-bond donors (Lipinski definition) is 0. The lowest BCUT2D eigenvalue weighted by Crippen LogP contribution is -2.44. The lowest BCUT2D eigenvalue weighted by atomic mass is 10.00. The van der Waals surface area contributed by atoms with E-state index in [2.05, 4.69) is 28.8 Å². The van der Waals surface area contributed by atoms with Crippen LogP contribution >= 0.6 is 0 Å². The van der Waals surface area contributed by atoms with E-state index in [1.807, 2.05) is 23.2 Å². The maximum absolute atomic E-state index is 12.5. The molecule has 0 spiro atoms. The Morgan fingerprint density at radius 2 is 1.95 bits per heavy atom. The summed E-state index contributed by atoms with van der Waals surface area (Å²) in [5.41, 5.74) is 1.70. The number of carbonyl (C=O) groups excluding carboxylic acids is 1. The van der Waals surface area contributed by atoms with Crippen molar-refractivity contribution in [1.29, 1.82) is 0 Å². The van der Waals surface area contributed by atoms with E-state index in [1.54, 1.807) is 0 Å². The fourth-order valence-corrected chi connectivity index (χ4v) is 3.30. The van der Waals surface area contributed by atoms with E-state index in [0.29, 0.717) is 11.6 Å². The number of piperidine rings is 1. The van der Waals surface area contributed by atoms with E-state index < -0.39 is 0 Å². The normalized spacial score (nSPS) is 23.6. The highest BCUT2D eigenvalue weighted by molar-refractivity contribution is 5.92. The lowest BCUT2D eigenvalue weighted by Gasteiger charge is -2.34. The second kappa shape index (κ2) is 6.65. The Bertz CT molecular complexity index is 508. The van der Waals surface area contributed by atoms with Crippen LogP contribution in [0.15, 0.2) is 18.3 Å². The number of piperazine rings is 1. The Morgan fingerprint density at radius 1 is 1.18 bits per heavy atom. The minimum atomic E-state index is 0.0801. The first-order chi connectivity index (χ1) is 10.6. The van der Waals surface area contributed by atoms with Crippen molar-refractivity contribution in [3.63, 3.8) is 0 Å². The summed E-state index contributed by atoms with van der Waals surface area (Å²) in [4.78, 5) is 23.6. The van der Waals surface area contributed by atoms with Gasteiger partial charge in [-0.2, -0.15) is 0 Å². The molecular formula is C17H26N4O. The molecule has 5 heteroatoms. The Balaban J connectivity index is 1.64. The highest BCUT2D eigenvalue weighted by Gasteiger charge is 2.23. The minimum Gasteiger partial charge on any atom is -0.368 e. The SMILES string of the molecule is CC1CCCN(C(=O)c2ccc(N3CCN(C)CC3)cn2)C1. The summed E-state index contributed by atoms with van der Waals surface area (Å²) >= 11 is 0. The molecule has 1 aromatic rings. The smallest absolute Gasteiger partial charge is 0.272 e. The molecule has 3 heterocycles. The molecule has 3 rings (SSSR count). The van der Waals surface area contributed by atoms with Gasteiger partial charge in [0.1, 0.15) is 5.69 Å². The average Bonchev–Trinajstić information content (AvgIpc) is 2.55. The first-order valence-corrected chi connectivity index (χ1v) is 8.32. The summed E-state index contributed by atoms with van der Waals surface area (Å²) in [5, 5.41) is 0. The van der Waals surface area contributed by atoms with Gasteiger partial charge in [0.15, 0.2) is 0 Å². The molecule has 1 atom stereocenters. The summed E-state index contributed by atoms with van der Waals surface area (Å²) in [5.74, 6) is 0.679. The maximum Gasteiger partial charge on any atom is 0.272 e. The van der Waals surface area contributed by atoms with Gasteiger partial charge in [-0.05, 0) is 37.9 Å². The third kappa shape index (κ3) is 3.40. The molecule has 0 radical (unpaired) electrons. The largest absolute Gasteiger partial charge is 0.368 e. The van der Waals surface area contributed by atoms with Crippen molar-refractivity contribution in [3.05, 3.63) is 24.0 Å². The number of anilines is 1. The Morgan fingerprint density at radius 3 is 2.59 bits per heavy atom. The molecule has 2 aliphatic heterocycles. The van der Waals surface area contributed by atoms with E-state index in [1.165, 1.54) is 6.42 Å². The molecule has 0 aromatic carbocycles. The molecule has 5 nitrogen and oxygen atoms in total. The van der Waals surface area contributed by atoms with Crippen LogP contribution in [0.3, 0.4) is 0 Å². The van der Waals surface area contributed by atoms with Crippen molar-refractivity contribution in [2.45, 2.75) is 19.8 Å². The van der Waals surface area contributed by atoms with Crippen LogP contribution in [0.4, 0.5) is 5.69 Å². The van der Waals surface area contributed by atoms with Crippen LogP contribution in [-0.2, 0) is 0 Å². The molecule has 0 bridgehead atoms. The standard InChI is InChI=1S/C17H26N4O/c1-14-4-3-7-21(13-14)17(22)16-6-5-15(12-18-16)20-10-8-19(2)9-11-20/h5-6,12,14H,3-4,7-11,13H2,1-2H3. The van der Waals surface area contributed by atoms with Crippen molar-refractivity contribution >= 4 is 11.6 Å². The fourth-order valence-electron chi connectivity index (χ4n) is 3.30. The van der Waals surface area contributed by atoms with Gasteiger partial charge in [0.05, 0.1) is 11.9 Å². The first-order valence-electron chi connectivity index (χ1n) is 8.32. The number of carbonyl (C=O) groups is 1. The van der Waals surface area contributed by atoms with Crippen LogP contribution in [0.25, 0.3) is 0 Å². The zero-order chi connectivity index (χ0) is 15.5. The summed E-state index contributed by atoms with van der Waals surface area (Å²) in [6.07, 6.45) is 4.18. The van der Waals surface area contributed by atoms with Crippen molar-refractivity contribution < 1.29 is 4.79 Å². The molecule has 2 saturated heterocycles. The molecule has 0 aliphatic carbocycles. The summed E-state index contributed by atoms with van der Waals surface area (Å²) in [6.45, 7) is 8.14. The fraction of sp³-hybridized carbons (Fsp3) is 0.647. The zero-order valence-electron chi connectivity index (χ0n) is 13.7. The predicted molar refractivity (Wildman–Crippen MR) is 88.2 cm³/mol. The number of likely N-dealkylation sites (tertiary alicyclic amines) is 1. The summed E-state index contributed by atoms with van der Waals surface area (Å²) in [7, 11) is 2.15. The van der Waals surface area contributed by atoms with Gasteiger partial charge in [-0.25, -0.2) is 4.98 Å². The minimum absolute atomic E-state index is 0.0801. The topological polar surface area (TPSA) is 39.7 Å². The van der Waals surface area contributed by atoms with Gasteiger partial charge in [0, 0.05) is 39.3 Å². The Kier molecular flexibility index (Phi) is 4.62. The summed E-state index contributed by atoms with van der Waals surface area (Å²) in [6, 6.07) is 3.92. The predicted octanol–water partition coefficient (Wildman–Crippen LogP) is 1.71. The molecule has 1 aromatic heterocycles. The molecular weight excluding hydrogens is 276 g/mol. The van der Waals surface area contributed by atoms with Crippen molar-refractivity contribution in [1.82, 2.24) is 14.8 Å². The Labute approximate surface area is 132 Å². The highest BCUT2D eigenvalue weighted by Crippen LogP contribution is 2.19. The third-order valence-corrected chi connectivity index (χ3v) is 4.78. The molecule has 0 N–H and O–H groups in total. The molecule has 1 amide bonds. The van der Waals surface area contributed by atoms with E-state index in [0.717, 1.165) is 51.4 Å². The van der Waals surface area contributed by atoms with Crippen LogP contribution < -0.4 is 4.90 Å². The zero-order valence-corrected chi connectivity index (χ0v) is 13.7. The number of nitrogens with zero attached hydrogens (tertiary/aromatic N) is 4. The van der Waals surface area contributed by atoms with Crippen molar-refractivity contribution in [2.24, 2.45) is 5.92 Å². The van der Waals surface area contributed by atoms with Crippen LogP contribution in [0.1, 0.15) is 30.3 Å². The highest BCUT2D eigenvalue weighted by atomic mass is 16.2. The van der Waals surface area contributed by atoms with Crippen molar-refractivity contribution in [2.75, 3.05) is 51.2 Å². The molecule has 2 fully saturated rings. The second-order valence-electron chi connectivity index (χ2n) is 6.69. The number of rotatable bonds is 2. The quantitative estimate of drug-likeness (QED) is 0.834. The van der Waals surface area contributed by atoms with Gasteiger partial charge in [0.2, 0.25) is 0 Å². The monoisotopic (exact) mass is 302 g/mol. The van der Waals surface area contributed by atoms with Crippen LogP contribution in [0, 0.1) is 5.92 Å². The van der Waals surface area contributed by atoms with E-state index in [-0.39, 0.29) is 5.91 Å². The molecule has 0 saturated carbocycles. The molecule has 22 heavy (non-hydrogen) atoms. The Hall–Kier alpha value is -1.62. The number of hydrogen-bond acceptors (Lipinski definition) is 4. The molecule has 120 valence electrons. The average molecular weight is 302 g/mol. The first kappa shape index (κ1) is 15.3. The van der Waals surface area contributed by atoms with E-state index >= 15 is 0 Å².